The second-order valence-electron chi connectivity index (χ2n) is 3.28. The SMILES string of the molecule is CCOC(=O)C(C)NS(=O)(=O)c1cc(Cl)sc1Cl. The molecule has 0 aromatic carbocycles. The monoisotopic (exact) mass is 331 g/mol. The molecule has 0 aliphatic rings. The molecule has 1 unspecified atom stereocenters. The van der Waals surface area contributed by atoms with Crippen molar-refractivity contribution in [1.29, 1.82) is 0 Å². The Kier molecular flexibility index (Phi) is 5.42. The van der Waals surface area contributed by atoms with Crippen LogP contribution < -0.4 is 4.72 Å². The van der Waals surface area contributed by atoms with Gasteiger partial charge in [-0.2, -0.15) is 4.72 Å². The van der Waals surface area contributed by atoms with Gasteiger partial charge in [0.05, 0.1) is 10.9 Å². The summed E-state index contributed by atoms with van der Waals surface area (Å²) in [5.41, 5.74) is 0. The second kappa shape index (κ2) is 6.21. The van der Waals surface area contributed by atoms with Crippen LogP contribution in [0.25, 0.3) is 0 Å². The number of halogens is 2. The van der Waals surface area contributed by atoms with Crippen molar-refractivity contribution in [2.45, 2.75) is 24.8 Å². The number of ether oxygens (including phenoxy) is 1. The fraction of sp³-hybridized carbons (Fsp3) is 0.444. The molecule has 5 nitrogen and oxygen atoms in total. The molecule has 1 aromatic rings. The van der Waals surface area contributed by atoms with Gasteiger partial charge in [-0.25, -0.2) is 8.42 Å². The van der Waals surface area contributed by atoms with Gasteiger partial charge in [0.1, 0.15) is 15.3 Å². The van der Waals surface area contributed by atoms with Gasteiger partial charge in [0, 0.05) is 0 Å². The van der Waals surface area contributed by atoms with Crippen LogP contribution in [0.1, 0.15) is 13.8 Å². The number of thiophene rings is 1. The normalized spacial score (nSPS) is 13.3. The first kappa shape index (κ1) is 15.7. The van der Waals surface area contributed by atoms with E-state index in [-0.39, 0.29) is 20.2 Å². The molecule has 1 N–H and O–H groups in total. The van der Waals surface area contributed by atoms with Gasteiger partial charge >= 0.3 is 5.97 Å². The third kappa shape index (κ3) is 3.83. The van der Waals surface area contributed by atoms with Gasteiger partial charge in [-0.05, 0) is 19.9 Å². The summed E-state index contributed by atoms with van der Waals surface area (Å²) in [5.74, 6) is -0.654. The Morgan fingerprint density at radius 2 is 2.17 bits per heavy atom. The van der Waals surface area contributed by atoms with E-state index in [0.29, 0.717) is 0 Å². The van der Waals surface area contributed by atoms with Crippen LogP contribution in [-0.2, 0) is 19.6 Å². The summed E-state index contributed by atoms with van der Waals surface area (Å²) >= 11 is 12.4. The molecule has 0 radical (unpaired) electrons. The van der Waals surface area contributed by atoms with E-state index >= 15 is 0 Å². The predicted molar refractivity (Wildman–Crippen MR) is 70.8 cm³/mol. The van der Waals surface area contributed by atoms with E-state index in [4.69, 9.17) is 27.9 Å². The van der Waals surface area contributed by atoms with Crippen LogP contribution in [0.5, 0.6) is 0 Å². The van der Waals surface area contributed by atoms with Gasteiger partial charge in [-0.15, -0.1) is 11.3 Å². The molecule has 0 aliphatic heterocycles. The zero-order valence-corrected chi connectivity index (χ0v) is 12.7. The van der Waals surface area contributed by atoms with Crippen LogP contribution in [0.4, 0.5) is 0 Å². The molecule has 9 heteroatoms. The van der Waals surface area contributed by atoms with Gasteiger partial charge in [-0.1, -0.05) is 23.2 Å². The molecule has 1 rings (SSSR count). The molecule has 1 atom stereocenters. The fourth-order valence-electron chi connectivity index (χ4n) is 1.12. The second-order valence-corrected chi connectivity index (χ2v) is 7.25. The molecule has 1 heterocycles. The molecule has 18 heavy (non-hydrogen) atoms. The third-order valence-electron chi connectivity index (χ3n) is 1.89. The summed E-state index contributed by atoms with van der Waals surface area (Å²) in [7, 11) is -3.89. The van der Waals surface area contributed by atoms with Crippen LogP contribution in [0.15, 0.2) is 11.0 Å². The molecule has 0 spiro atoms. The third-order valence-corrected chi connectivity index (χ3v) is 5.18. The number of rotatable bonds is 5. The summed E-state index contributed by atoms with van der Waals surface area (Å²) in [6.45, 7) is 3.20. The van der Waals surface area contributed by atoms with E-state index in [1.165, 1.54) is 13.0 Å². The molecule has 0 bridgehead atoms. The summed E-state index contributed by atoms with van der Waals surface area (Å²) in [5, 5.41) is 0. The molecular formula is C9H11Cl2NO4S2. The lowest BCUT2D eigenvalue weighted by Gasteiger charge is -2.12. The van der Waals surface area contributed by atoms with Crippen LogP contribution in [-0.4, -0.2) is 27.0 Å². The van der Waals surface area contributed by atoms with E-state index in [0.717, 1.165) is 11.3 Å². The number of carbonyl (C=O) groups is 1. The largest absolute Gasteiger partial charge is 0.465 e. The Hall–Kier alpha value is -0.340. The van der Waals surface area contributed by atoms with E-state index in [1.807, 2.05) is 0 Å². The van der Waals surface area contributed by atoms with Crippen LogP contribution in [0, 0.1) is 0 Å². The number of esters is 1. The average molecular weight is 332 g/mol. The number of hydrogen-bond donors (Lipinski definition) is 1. The topological polar surface area (TPSA) is 72.5 Å². The Morgan fingerprint density at radius 1 is 1.56 bits per heavy atom. The number of carbonyl (C=O) groups excluding carboxylic acids is 1. The van der Waals surface area contributed by atoms with Crippen LogP contribution in [0.3, 0.4) is 0 Å². The molecule has 0 amide bonds. The van der Waals surface area contributed by atoms with Crippen molar-refractivity contribution in [2.75, 3.05) is 6.61 Å². The van der Waals surface area contributed by atoms with Crippen molar-refractivity contribution >= 4 is 50.5 Å². The Morgan fingerprint density at radius 3 is 2.61 bits per heavy atom. The summed E-state index contributed by atoms with van der Waals surface area (Å²) < 4.78 is 31.0. The fourth-order valence-corrected chi connectivity index (χ4v) is 4.46. The maximum absolute atomic E-state index is 11.9. The lowest BCUT2D eigenvalue weighted by atomic mass is 10.4. The zero-order valence-electron chi connectivity index (χ0n) is 9.57. The zero-order chi connectivity index (χ0) is 13.9. The molecule has 0 saturated carbocycles. The molecule has 0 saturated heterocycles. The van der Waals surface area contributed by atoms with Crippen molar-refractivity contribution < 1.29 is 17.9 Å². The number of nitrogens with one attached hydrogen (secondary N) is 1. The van der Waals surface area contributed by atoms with Crippen molar-refractivity contribution in [2.24, 2.45) is 0 Å². The molecule has 1 aromatic heterocycles. The van der Waals surface area contributed by atoms with Crippen LogP contribution >= 0.6 is 34.5 Å². The van der Waals surface area contributed by atoms with Gasteiger partial charge in [0.25, 0.3) is 0 Å². The smallest absolute Gasteiger partial charge is 0.323 e. The first-order valence-corrected chi connectivity index (χ1v) is 7.97. The quantitative estimate of drug-likeness (QED) is 0.840. The van der Waals surface area contributed by atoms with E-state index < -0.39 is 22.0 Å². The average Bonchev–Trinajstić information content (AvgIpc) is 2.58. The van der Waals surface area contributed by atoms with Crippen LogP contribution in [0.2, 0.25) is 8.67 Å². The molecule has 102 valence electrons. The Bertz CT molecular complexity index is 541. The highest BCUT2D eigenvalue weighted by Crippen LogP contribution is 2.34. The maximum atomic E-state index is 11.9. The number of hydrogen-bond acceptors (Lipinski definition) is 5. The molecule has 0 fully saturated rings. The van der Waals surface area contributed by atoms with Crippen molar-refractivity contribution in [1.82, 2.24) is 4.72 Å². The van der Waals surface area contributed by atoms with Gasteiger partial charge in [0.15, 0.2) is 0 Å². The summed E-state index contributed by atoms with van der Waals surface area (Å²) in [4.78, 5) is 11.2. The van der Waals surface area contributed by atoms with Crippen molar-refractivity contribution in [3.8, 4) is 0 Å². The maximum Gasteiger partial charge on any atom is 0.323 e. The first-order valence-electron chi connectivity index (χ1n) is 4.91. The Balaban J connectivity index is 2.89. The van der Waals surface area contributed by atoms with Gasteiger partial charge in [0.2, 0.25) is 10.0 Å². The van der Waals surface area contributed by atoms with E-state index in [2.05, 4.69) is 4.72 Å². The first-order chi connectivity index (χ1) is 8.27. The number of sulfonamides is 1. The van der Waals surface area contributed by atoms with Gasteiger partial charge < -0.3 is 4.74 Å². The standard InChI is InChI=1S/C9H11Cl2NO4S2/c1-3-16-9(13)5(2)12-18(14,15)6-4-7(10)17-8(6)11/h4-5,12H,3H2,1-2H3. The highest BCUT2D eigenvalue weighted by atomic mass is 35.5. The minimum absolute atomic E-state index is 0.0450. The van der Waals surface area contributed by atoms with Gasteiger partial charge in [-0.3, -0.25) is 4.79 Å². The molecule has 0 aliphatic carbocycles. The predicted octanol–water partition coefficient (Wildman–Crippen LogP) is 2.28. The highest BCUT2D eigenvalue weighted by Gasteiger charge is 2.26. The highest BCUT2D eigenvalue weighted by molar-refractivity contribution is 7.89. The lowest BCUT2D eigenvalue weighted by molar-refractivity contribution is -0.144. The summed E-state index contributed by atoms with van der Waals surface area (Å²) in [6, 6.07) is 0.235. The van der Waals surface area contributed by atoms with Crippen molar-refractivity contribution in [3.05, 3.63) is 14.7 Å². The lowest BCUT2D eigenvalue weighted by Crippen LogP contribution is -2.39. The summed E-state index contributed by atoms with van der Waals surface area (Å²) in [6.07, 6.45) is 0. The molecular weight excluding hydrogens is 321 g/mol. The van der Waals surface area contributed by atoms with E-state index in [9.17, 15) is 13.2 Å². The Labute approximate surface area is 119 Å². The van der Waals surface area contributed by atoms with E-state index in [1.54, 1.807) is 6.92 Å². The van der Waals surface area contributed by atoms with Crippen molar-refractivity contribution in [3.63, 3.8) is 0 Å². The minimum Gasteiger partial charge on any atom is -0.465 e. The minimum atomic E-state index is -3.89.